The molecule has 0 saturated carbocycles. The highest BCUT2D eigenvalue weighted by atomic mass is 16.5. The van der Waals surface area contributed by atoms with Gasteiger partial charge in [0.05, 0.1) is 6.61 Å². The summed E-state index contributed by atoms with van der Waals surface area (Å²) < 4.78 is 7.07. The van der Waals surface area contributed by atoms with Gasteiger partial charge in [-0.05, 0) is 12.0 Å². The van der Waals surface area contributed by atoms with Crippen LogP contribution in [0, 0.1) is 5.92 Å². The predicted molar refractivity (Wildman–Crippen MR) is 66.8 cm³/mol. The van der Waals surface area contributed by atoms with E-state index < -0.39 is 0 Å². The summed E-state index contributed by atoms with van der Waals surface area (Å²) in [6, 6.07) is 2.10. The van der Waals surface area contributed by atoms with Gasteiger partial charge in [0.15, 0.2) is 0 Å². The molecule has 0 unspecified atom stereocenters. The van der Waals surface area contributed by atoms with Crippen LogP contribution in [0.1, 0.15) is 13.8 Å². The lowest BCUT2D eigenvalue weighted by atomic mass is 10.2. The molecule has 2 aromatic heterocycles. The van der Waals surface area contributed by atoms with E-state index in [0.29, 0.717) is 30.4 Å². The van der Waals surface area contributed by atoms with Crippen LogP contribution in [0.3, 0.4) is 0 Å². The first-order valence-corrected chi connectivity index (χ1v) is 5.75. The zero-order valence-electron chi connectivity index (χ0n) is 10.7. The minimum Gasteiger partial charge on any atom is -0.463 e. The summed E-state index contributed by atoms with van der Waals surface area (Å²) in [7, 11) is 1.74. The molecule has 18 heavy (non-hydrogen) atoms. The Morgan fingerprint density at radius 1 is 1.33 bits per heavy atom. The van der Waals surface area contributed by atoms with E-state index in [4.69, 9.17) is 4.74 Å². The van der Waals surface area contributed by atoms with Crippen molar-refractivity contribution in [2.24, 2.45) is 5.92 Å². The quantitative estimate of drug-likeness (QED) is 0.854. The van der Waals surface area contributed by atoms with Gasteiger partial charge in [-0.3, -0.25) is 0 Å². The minimum absolute atomic E-state index is 0.300. The molecule has 0 atom stereocenters. The van der Waals surface area contributed by atoms with Gasteiger partial charge in [0.1, 0.15) is 0 Å². The normalized spacial score (nSPS) is 10.7. The van der Waals surface area contributed by atoms with Crippen LogP contribution >= 0.6 is 0 Å². The van der Waals surface area contributed by atoms with Crippen molar-refractivity contribution < 1.29 is 4.74 Å². The molecule has 2 aromatic rings. The first-order chi connectivity index (χ1) is 8.69. The fourth-order valence-corrected chi connectivity index (χ4v) is 1.25. The van der Waals surface area contributed by atoms with Gasteiger partial charge in [-0.15, -0.1) is 0 Å². The number of aromatic nitrogens is 5. The molecule has 7 heteroatoms. The average Bonchev–Trinajstić information content (AvgIpc) is 2.89. The third-order valence-corrected chi connectivity index (χ3v) is 2.08. The number of ether oxygens (including phenoxy) is 1. The Hall–Kier alpha value is -2.18. The van der Waals surface area contributed by atoms with E-state index in [0.717, 1.165) is 0 Å². The van der Waals surface area contributed by atoms with Crippen molar-refractivity contribution in [1.82, 2.24) is 24.7 Å². The van der Waals surface area contributed by atoms with Crippen molar-refractivity contribution in [3.05, 3.63) is 18.5 Å². The van der Waals surface area contributed by atoms with Gasteiger partial charge >= 0.3 is 6.01 Å². The van der Waals surface area contributed by atoms with Crippen LogP contribution in [0.15, 0.2) is 18.5 Å². The standard InChI is InChI=1S/C11H16N6O/c1-8(2)7-18-11-15-9(12-3)14-10(16-11)17-6-4-5-13-17/h4-6,8H,7H2,1-3H3,(H,12,14,15,16). The number of hydrogen-bond donors (Lipinski definition) is 1. The van der Waals surface area contributed by atoms with Gasteiger partial charge in [0.2, 0.25) is 5.95 Å². The predicted octanol–water partition coefficient (Wildman–Crippen LogP) is 1.13. The number of rotatable bonds is 5. The van der Waals surface area contributed by atoms with E-state index in [9.17, 15) is 0 Å². The summed E-state index contributed by atoms with van der Waals surface area (Å²) >= 11 is 0. The molecule has 0 fully saturated rings. The van der Waals surface area contributed by atoms with Gasteiger partial charge < -0.3 is 10.1 Å². The molecule has 2 heterocycles. The maximum Gasteiger partial charge on any atom is 0.323 e. The molecule has 0 saturated heterocycles. The van der Waals surface area contributed by atoms with Crippen molar-refractivity contribution in [3.63, 3.8) is 0 Å². The SMILES string of the molecule is CNc1nc(OCC(C)C)nc(-n2cccn2)n1. The van der Waals surface area contributed by atoms with Crippen LogP contribution in [0.25, 0.3) is 5.95 Å². The molecule has 0 aliphatic rings. The van der Waals surface area contributed by atoms with Crippen LogP contribution < -0.4 is 10.1 Å². The highest BCUT2D eigenvalue weighted by molar-refractivity contribution is 5.28. The summed E-state index contributed by atoms with van der Waals surface area (Å²) in [5.74, 6) is 1.29. The summed E-state index contributed by atoms with van der Waals surface area (Å²) in [6.07, 6.45) is 3.43. The fourth-order valence-electron chi connectivity index (χ4n) is 1.25. The molecular weight excluding hydrogens is 232 g/mol. The maximum atomic E-state index is 5.51. The van der Waals surface area contributed by atoms with E-state index in [-0.39, 0.29) is 0 Å². The summed E-state index contributed by atoms with van der Waals surface area (Å²) in [4.78, 5) is 12.6. The molecular formula is C11H16N6O. The Balaban J connectivity index is 2.27. The number of nitrogens with zero attached hydrogens (tertiary/aromatic N) is 5. The van der Waals surface area contributed by atoms with Crippen molar-refractivity contribution in [1.29, 1.82) is 0 Å². The lowest BCUT2D eigenvalue weighted by Crippen LogP contribution is -2.12. The molecule has 0 bridgehead atoms. The second-order valence-corrected chi connectivity index (χ2v) is 4.15. The highest BCUT2D eigenvalue weighted by Gasteiger charge is 2.09. The zero-order chi connectivity index (χ0) is 13.0. The first kappa shape index (κ1) is 12.3. The molecule has 7 nitrogen and oxygen atoms in total. The topological polar surface area (TPSA) is 77.8 Å². The maximum absolute atomic E-state index is 5.51. The van der Waals surface area contributed by atoms with Crippen molar-refractivity contribution >= 4 is 5.95 Å². The van der Waals surface area contributed by atoms with Gasteiger partial charge in [0, 0.05) is 19.4 Å². The average molecular weight is 248 g/mol. The highest BCUT2D eigenvalue weighted by Crippen LogP contribution is 2.10. The smallest absolute Gasteiger partial charge is 0.323 e. The number of hydrogen-bond acceptors (Lipinski definition) is 6. The van der Waals surface area contributed by atoms with E-state index >= 15 is 0 Å². The second-order valence-electron chi connectivity index (χ2n) is 4.15. The second kappa shape index (κ2) is 5.44. The molecule has 1 N–H and O–H groups in total. The molecule has 0 spiro atoms. The molecule has 0 radical (unpaired) electrons. The van der Waals surface area contributed by atoms with Crippen molar-refractivity contribution in [2.45, 2.75) is 13.8 Å². The fraction of sp³-hybridized carbons (Fsp3) is 0.455. The largest absolute Gasteiger partial charge is 0.463 e. The molecule has 0 aliphatic carbocycles. The van der Waals surface area contributed by atoms with Crippen LogP contribution in [0.4, 0.5) is 5.95 Å². The summed E-state index contributed by atoms with van der Waals surface area (Å²) in [5, 5.41) is 6.95. The number of nitrogens with one attached hydrogen (secondary N) is 1. The van der Waals surface area contributed by atoms with E-state index in [1.165, 1.54) is 0 Å². The van der Waals surface area contributed by atoms with Crippen LogP contribution in [-0.2, 0) is 0 Å². The number of anilines is 1. The Kier molecular flexibility index (Phi) is 3.71. The Bertz CT molecular complexity index is 496. The third kappa shape index (κ3) is 2.93. The van der Waals surface area contributed by atoms with Crippen LogP contribution in [0.2, 0.25) is 0 Å². The Morgan fingerprint density at radius 3 is 2.78 bits per heavy atom. The molecule has 0 amide bonds. The molecule has 2 rings (SSSR count). The lowest BCUT2D eigenvalue weighted by Gasteiger charge is -2.09. The van der Waals surface area contributed by atoms with Crippen molar-refractivity contribution in [2.75, 3.05) is 19.0 Å². The summed E-state index contributed by atoms with van der Waals surface area (Å²) in [6.45, 7) is 4.69. The monoisotopic (exact) mass is 248 g/mol. The van der Waals surface area contributed by atoms with E-state index in [1.807, 2.05) is 0 Å². The lowest BCUT2D eigenvalue weighted by molar-refractivity contribution is 0.250. The third-order valence-electron chi connectivity index (χ3n) is 2.08. The van der Waals surface area contributed by atoms with Gasteiger partial charge in [-0.2, -0.15) is 20.1 Å². The zero-order valence-corrected chi connectivity index (χ0v) is 10.7. The molecule has 96 valence electrons. The molecule has 0 aliphatic heterocycles. The van der Waals surface area contributed by atoms with E-state index in [2.05, 4.69) is 39.2 Å². The van der Waals surface area contributed by atoms with Gasteiger partial charge in [-0.25, -0.2) is 4.68 Å². The Labute approximate surface area is 105 Å². The first-order valence-electron chi connectivity index (χ1n) is 5.75. The van der Waals surface area contributed by atoms with Gasteiger partial charge in [-0.1, -0.05) is 13.8 Å². The Morgan fingerprint density at radius 2 is 2.17 bits per heavy atom. The van der Waals surface area contributed by atoms with E-state index in [1.54, 1.807) is 30.2 Å². The summed E-state index contributed by atoms with van der Waals surface area (Å²) in [5.41, 5.74) is 0. The van der Waals surface area contributed by atoms with Crippen LogP contribution in [0.5, 0.6) is 6.01 Å². The van der Waals surface area contributed by atoms with Crippen LogP contribution in [-0.4, -0.2) is 38.4 Å². The minimum atomic E-state index is 0.300. The van der Waals surface area contributed by atoms with Crippen molar-refractivity contribution in [3.8, 4) is 12.0 Å². The van der Waals surface area contributed by atoms with Gasteiger partial charge in [0.25, 0.3) is 5.95 Å². The molecule has 0 aromatic carbocycles.